The molecule has 0 spiro atoms. The van der Waals surface area contributed by atoms with Gasteiger partial charge in [-0.05, 0) is 43.5 Å². The van der Waals surface area contributed by atoms with Gasteiger partial charge >= 0.3 is 0 Å². The number of aromatic nitrogens is 1. The summed E-state index contributed by atoms with van der Waals surface area (Å²) >= 11 is 0. The highest BCUT2D eigenvalue weighted by atomic mass is 16.1. The average molecular weight is 317 g/mol. The molecule has 2 nitrogen and oxygen atoms in total. The number of hydrogen-bond acceptors (Lipinski definition) is 1. The minimum Gasteiger partial charge on any atom is -0.344 e. The third kappa shape index (κ3) is 3.05. The molecule has 0 atom stereocenters. The van der Waals surface area contributed by atoms with Crippen LogP contribution in [-0.2, 0) is 13.5 Å². The second-order valence-corrected chi connectivity index (χ2v) is 6.54. The maximum atomic E-state index is 13.1. The summed E-state index contributed by atoms with van der Waals surface area (Å²) in [5, 5.41) is 0. The molecule has 0 amide bonds. The van der Waals surface area contributed by atoms with E-state index in [9.17, 15) is 4.79 Å². The van der Waals surface area contributed by atoms with Crippen LogP contribution in [0.15, 0.2) is 54.6 Å². The van der Waals surface area contributed by atoms with Crippen molar-refractivity contribution in [3.8, 4) is 0 Å². The van der Waals surface area contributed by atoms with Gasteiger partial charge in [-0.25, -0.2) is 0 Å². The zero-order valence-corrected chi connectivity index (χ0v) is 14.8. The van der Waals surface area contributed by atoms with Gasteiger partial charge in [0.1, 0.15) is 0 Å². The Hall–Kier alpha value is -2.61. The molecule has 0 aliphatic carbocycles. The van der Waals surface area contributed by atoms with E-state index in [2.05, 4.69) is 24.3 Å². The Balaban J connectivity index is 1.98. The van der Waals surface area contributed by atoms with Gasteiger partial charge in [-0.3, -0.25) is 4.79 Å². The van der Waals surface area contributed by atoms with E-state index in [1.165, 1.54) is 11.1 Å². The van der Waals surface area contributed by atoms with Gasteiger partial charge in [0, 0.05) is 24.7 Å². The molecule has 0 aliphatic heterocycles. The Morgan fingerprint density at radius 1 is 0.917 bits per heavy atom. The van der Waals surface area contributed by atoms with E-state index >= 15 is 0 Å². The molecule has 0 saturated carbocycles. The molecule has 2 aromatic carbocycles. The van der Waals surface area contributed by atoms with Gasteiger partial charge in [0.2, 0.25) is 5.78 Å². The first-order chi connectivity index (χ1) is 11.5. The summed E-state index contributed by atoms with van der Waals surface area (Å²) in [5.41, 5.74) is 7.23. The van der Waals surface area contributed by atoms with Gasteiger partial charge in [0.15, 0.2) is 0 Å². The minimum atomic E-state index is 0.104. The lowest BCUT2D eigenvalue weighted by atomic mass is 9.99. The SMILES string of the molecule is Cc1ccc(C(=O)c2c(C)cc(Cc3ccccc3)n2C)c(C)c1. The van der Waals surface area contributed by atoms with Crippen molar-refractivity contribution < 1.29 is 4.79 Å². The quantitative estimate of drug-likeness (QED) is 0.635. The highest BCUT2D eigenvalue weighted by Crippen LogP contribution is 2.22. The van der Waals surface area contributed by atoms with E-state index in [1.807, 2.05) is 62.7 Å². The fourth-order valence-electron chi connectivity index (χ4n) is 3.33. The van der Waals surface area contributed by atoms with E-state index in [-0.39, 0.29) is 5.78 Å². The first-order valence-electron chi connectivity index (χ1n) is 8.28. The van der Waals surface area contributed by atoms with Gasteiger partial charge in [-0.15, -0.1) is 0 Å². The normalized spacial score (nSPS) is 10.8. The van der Waals surface area contributed by atoms with Gasteiger partial charge in [0.25, 0.3) is 0 Å². The molecule has 0 bridgehead atoms. The number of carbonyl (C=O) groups excluding carboxylic acids is 1. The van der Waals surface area contributed by atoms with Crippen molar-refractivity contribution in [2.45, 2.75) is 27.2 Å². The van der Waals surface area contributed by atoms with Crippen LogP contribution in [0.5, 0.6) is 0 Å². The Morgan fingerprint density at radius 2 is 1.62 bits per heavy atom. The molecule has 122 valence electrons. The molecular weight excluding hydrogens is 294 g/mol. The number of rotatable bonds is 4. The van der Waals surface area contributed by atoms with Gasteiger partial charge < -0.3 is 4.57 Å². The predicted octanol–water partition coefficient (Wildman–Crippen LogP) is 4.77. The average Bonchev–Trinajstić information content (AvgIpc) is 2.82. The number of carbonyl (C=O) groups is 1. The maximum absolute atomic E-state index is 13.1. The van der Waals surface area contributed by atoms with Crippen LogP contribution in [0, 0.1) is 20.8 Å². The molecule has 0 N–H and O–H groups in total. The molecular formula is C22H23NO. The fourth-order valence-corrected chi connectivity index (χ4v) is 3.33. The molecule has 1 aromatic heterocycles. The molecule has 24 heavy (non-hydrogen) atoms. The predicted molar refractivity (Wildman–Crippen MR) is 98.7 cm³/mol. The van der Waals surface area contributed by atoms with Crippen molar-refractivity contribution in [3.05, 3.63) is 93.8 Å². The lowest BCUT2D eigenvalue weighted by Crippen LogP contribution is -2.12. The zero-order valence-electron chi connectivity index (χ0n) is 14.8. The third-order valence-corrected chi connectivity index (χ3v) is 4.59. The lowest BCUT2D eigenvalue weighted by Gasteiger charge is -2.10. The highest BCUT2D eigenvalue weighted by Gasteiger charge is 2.19. The van der Waals surface area contributed by atoms with Crippen molar-refractivity contribution in [1.82, 2.24) is 4.57 Å². The summed E-state index contributed by atoms with van der Waals surface area (Å²) in [6.07, 6.45) is 0.832. The topological polar surface area (TPSA) is 22.0 Å². The van der Waals surface area contributed by atoms with Crippen molar-refractivity contribution in [2.24, 2.45) is 7.05 Å². The van der Waals surface area contributed by atoms with Crippen LogP contribution < -0.4 is 0 Å². The first kappa shape index (κ1) is 16.3. The van der Waals surface area contributed by atoms with E-state index < -0.39 is 0 Å². The number of aryl methyl sites for hydroxylation is 3. The zero-order chi connectivity index (χ0) is 17.3. The Kier molecular flexibility index (Phi) is 4.39. The molecule has 0 radical (unpaired) electrons. The highest BCUT2D eigenvalue weighted by molar-refractivity contribution is 6.10. The second-order valence-electron chi connectivity index (χ2n) is 6.54. The molecule has 3 rings (SSSR count). The third-order valence-electron chi connectivity index (χ3n) is 4.59. The smallest absolute Gasteiger partial charge is 0.209 e. The van der Waals surface area contributed by atoms with E-state index in [4.69, 9.17) is 0 Å². The maximum Gasteiger partial charge on any atom is 0.209 e. The summed E-state index contributed by atoms with van der Waals surface area (Å²) in [4.78, 5) is 13.1. The summed E-state index contributed by atoms with van der Waals surface area (Å²) < 4.78 is 2.05. The Bertz CT molecular complexity index is 888. The van der Waals surface area contributed by atoms with Crippen molar-refractivity contribution in [3.63, 3.8) is 0 Å². The fraction of sp³-hybridized carbons (Fsp3) is 0.227. The van der Waals surface area contributed by atoms with Crippen LogP contribution in [0.25, 0.3) is 0 Å². The number of nitrogens with zero attached hydrogens (tertiary/aromatic N) is 1. The van der Waals surface area contributed by atoms with E-state index in [0.717, 1.165) is 34.5 Å². The summed E-state index contributed by atoms with van der Waals surface area (Å²) in [6.45, 7) is 6.07. The number of hydrogen-bond donors (Lipinski definition) is 0. The van der Waals surface area contributed by atoms with Crippen LogP contribution >= 0.6 is 0 Å². The molecule has 0 saturated heterocycles. The van der Waals surface area contributed by atoms with Crippen LogP contribution in [0.2, 0.25) is 0 Å². The van der Waals surface area contributed by atoms with E-state index in [1.54, 1.807) is 0 Å². The molecule has 0 unspecified atom stereocenters. The minimum absolute atomic E-state index is 0.104. The van der Waals surface area contributed by atoms with E-state index in [0.29, 0.717) is 0 Å². The van der Waals surface area contributed by atoms with Gasteiger partial charge in [-0.1, -0.05) is 54.1 Å². The monoisotopic (exact) mass is 317 g/mol. The molecule has 0 fully saturated rings. The van der Waals surface area contributed by atoms with Crippen molar-refractivity contribution >= 4 is 5.78 Å². The Morgan fingerprint density at radius 3 is 2.29 bits per heavy atom. The first-order valence-corrected chi connectivity index (χ1v) is 8.28. The standard InChI is InChI=1S/C22H23NO/c1-15-10-11-20(16(2)12-15)22(24)21-17(3)13-19(23(21)4)14-18-8-6-5-7-9-18/h5-13H,14H2,1-4H3. The molecule has 2 heteroatoms. The summed E-state index contributed by atoms with van der Waals surface area (Å²) in [5.74, 6) is 0.104. The summed E-state index contributed by atoms with van der Waals surface area (Å²) in [6, 6.07) is 18.5. The number of ketones is 1. The Labute approximate surface area is 143 Å². The second kappa shape index (κ2) is 6.48. The lowest BCUT2D eigenvalue weighted by molar-refractivity contribution is 0.103. The molecule has 3 aromatic rings. The van der Waals surface area contributed by atoms with Crippen molar-refractivity contribution in [1.29, 1.82) is 0 Å². The summed E-state index contributed by atoms with van der Waals surface area (Å²) in [7, 11) is 1.99. The van der Waals surface area contributed by atoms with Crippen LogP contribution in [0.4, 0.5) is 0 Å². The number of benzene rings is 2. The van der Waals surface area contributed by atoms with Crippen molar-refractivity contribution in [2.75, 3.05) is 0 Å². The van der Waals surface area contributed by atoms with Crippen LogP contribution in [0.3, 0.4) is 0 Å². The van der Waals surface area contributed by atoms with Crippen LogP contribution in [0.1, 0.15) is 44.0 Å². The largest absolute Gasteiger partial charge is 0.344 e. The van der Waals surface area contributed by atoms with Crippen LogP contribution in [-0.4, -0.2) is 10.4 Å². The molecule has 1 heterocycles. The van der Waals surface area contributed by atoms with Gasteiger partial charge in [-0.2, -0.15) is 0 Å². The van der Waals surface area contributed by atoms with Gasteiger partial charge in [0.05, 0.1) is 5.69 Å². The molecule has 0 aliphatic rings.